The maximum absolute atomic E-state index is 12.6. The predicted molar refractivity (Wildman–Crippen MR) is 85.7 cm³/mol. The first-order chi connectivity index (χ1) is 10.1. The number of amides is 1. The second kappa shape index (κ2) is 5.86. The highest BCUT2D eigenvalue weighted by Gasteiger charge is 2.29. The number of nitrogens with one attached hydrogen (secondary N) is 1. The van der Waals surface area contributed by atoms with E-state index in [1.165, 1.54) is 37.8 Å². The van der Waals surface area contributed by atoms with Crippen LogP contribution >= 0.6 is 0 Å². The summed E-state index contributed by atoms with van der Waals surface area (Å²) in [5, 5.41) is 3.27. The summed E-state index contributed by atoms with van der Waals surface area (Å²) in [5.41, 5.74) is 3.27. The molecule has 1 aromatic heterocycles. The van der Waals surface area contributed by atoms with Crippen molar-refractivity contribution >= 4 is 5.91 Å². The van der Waals surface area contributed by atoms with Gasteiger partial charge >= 0.3 is 0 Å². The fourth-order valence-corrected chi connectivity index (χ4v) is 3.88. The van der Waals surface area contributed by atoms with E-state index in [9.17, 15) is 4.79 Å². The SMILES string of the molecule is CCC1CCC(NC(=O)c2cc(C)n(C3CC3)c2C)CC1. The third kappa shape index (κ3) is 3.02. The Bertz CT molecular complexity index is 520. The highest BCUT2D eigenvalue weighted by molar-refractivity contribution is 5.95. The molecule has 3 nitrogen and oxygen atoms in total. The molecule has 116 valence electrons. The molecule has 0 saturated heterocycles. The third-order valence-electron chi connectivity index (χ3n) is 5.40. The molecule has 0 aliphatic heterocycles. The molecule has 0 aromatic carbocycles. The van der Waals surface area contributed by atoms with Crippen molar-refractivity contribution in [2.45, 2.75) is 77.8 Å². The van der Waals surface area contributed by atoms with Gasteiger partial charge in [0.25, 0.3) is 5.91 Å². The van der Waals surface area contributed by atoms with Gasteiger partial charge in [-0.05, 0) is 64.4 Å². The quantitative estimate of drug-likeness (QED) is 0.887. The van der Waals surface area contributed by atoms with Crippen molar-refractivity contribution in [3.63, 3.8) is 0 Å². The van der Waals surface area contributed by atoms with Crippen molar-refractivity contribution in [3.05, 3.63) is 23.0 Å². The monoisotopic (exact) mass is 288 g/mol. The molecule has 1 heterocycles. The van der Waals surface area contributed by atoms with Crippen LogP contribution in [0.25, 0.3) is 0 Å². The van der Waals surface area contributed by atoms with E-state index in [1.54, 1.807) is 0 Å². The summed E-state index contributed by atoms with van der Waals surface area (Å²) in [4.78, 5) is 12.6. The lowest BCUT2D eigenvalue weighted by Gasteiger charge is -2.28. The lowest BCUT2D eigenvalue weighted by Crippen LogP contribution is -2.37. The number of nitrogens with zero attached hydrogens (tertiary/aromatic N) is 1. The number of rotatable bonds is 4. The molecule has 21 heavy (non-hydrogen) atoms. The van der Waals surface area contributed by atoms with Crippen molar-refractivity contribution in [1.82, 2.24) is 9.88 Å². The van der Waals surface area contributed by atoms with Crippen LogP contribution in [-0.4, -0.2) is 16.5 Å². The first-order valence-corrected chi connectivity index (χ1v) is 8.59. The molecule has 0 atom stereocenters. The van der Waals surface area contributed by atoms with Gasteiger partial charge < -0.3 is 9.88 Å². The molecule has 0 unspecified atom stereocenters. The zero-order valence-corrected chi connectivity index (χ0v) is 13.6. The number of hydrogen-bond acceptors (Lipinski definition) is 1. The Morgan fingerprint density at radius 3 is 2.43 bits per heavy atom. The molecule has 1 amide bonds. The van der Waals surface area contributed by atoms with E-state index in [2.05, 4.69) is 36.7 Å². The maximum atomic E-state index is 12.6. The average Bonchev–Trinajstić information content (AvgIpc) is 3.25. The molecular weight excluding hydrogens is 260 g/mol. The Morgan fingerprint density at radius 2 is 1.86 bits per heavy atom. The lowest BCUT2D eigenvalue weighted by atomic mass is 9.84. The topological polar surface area (TPSA) is 34.0 Å². The highest BCUT2D eigenvalue weighted by Crippen LogP contribution is 2.38. The largest absolute Gasteiger partial charge is 0.349 e. The minimum Gasteiger partial charge on any atom is -0.349 e. The number of aryl methyl sites for hydroxylation is 1. The molecule has 1 aromatic rings. The van der Waals surface area contributed by atoms with Crippen LogP contribution in [0.15, 0.2) is 6.07 Å². The average molecular weight is 288 g/mol. The van der Waals surface area contributed by atoms with E-state index in [1.807, 2.05) is 0 Å². The molecule has 2 aliphatic carbocycles. The van der Waals surface area contributed by atoms with Gasteiger partial charge in [0.2, 0.25) is 0 Å². The molecular formula is C18H28N2O. The smallest absolute Gasteiger partial charge is 0.253 e. The summed E-state index contributed by atoms with van der Waals surface area (Å²) in [7, 11) is 0. The Kier molecular flexibility index (Phi) is 4.10. The third-order valence-corrected chi connectivity index (χ3v) is 5.40. The van der Waals surface area contributed by atoms with Gasteiger partial charge in [-0.2, -0.15) is 0 Å². The van der Waals surface area contributed by atoms with Crippen LogP contribution in [0.5, 0.6) is 0 Å². The van der Waals surface area contributed by atoms with E-state index < -0.39 is 0 Å². The minimum atomic E-state index is 0.134. The summed E-state index contributed by atoms with van der Waals surface area (Å²) in [5.74, 6) is 1.01. The lowest BCUT2D eigenvalue weighted by molar-refractivity contribution is 0.0921. The Hall–Kier alpha value is -1.25. The van der Waals surface area contributed by atoms with Gasteiger partial charge in [-0.25, -0.2) is 0 Å². The zero-order chi connectivity index (χ0) is 15.0. The molecule has 0 bridgehead atoms. The second-order valence-corrected chi connectivity index (χ2v) is 6.99. The van der Waals surface area contributed by atoms with Crippen LogP contribution in [0.2, 0.25) is 0 Å². The Labute approximate surface area is 128 Å². The second-order valence-electron chi connectivity index (χ2n) is 6.99. The Balaban J connectivity index is 1.65. The van der Waals surface area contributed by atoms with E-state index in [4.69, 9.17) is 0 Å². The highest BCUT2D eigenvalue weighted by atomic mass is 16.1. The molecule has 0 spiro atoms. The molecule has 3 rings (SSSR count). The molecule has 3 heteroatoms. The van der Waals surface area contributed by atoms with Gasteiger partial charge in [0.1, 0.15) is 0 Å². The van der Waals surface area contributed by atoms with Gasteiger partial charge in [-0.3, -0.25) is 4.79 Å². The van der Waals surface area contributed by atoms with Gasteiger partial charge in [-0.1, -0.05) is 13.3 Å². The Morgan fingerprint density at radius 1 is 1.19 bits per heavy atom. The number of carbonyl (C=O) groups excluding carboxylic acids is 1. The maximum Gasteiger partial charge on any atom is 0.253 e. The summed E-state index contributed by atoms with van der Waals surface area (Å²) in [6.45, 7) is 6.49. The van der Waals surface area contributed by atoms with Crippen LogP contribution in [0.3, 0.4) is 0 Å². The van der Waals surface area contributed by atoms with Gasteiger partial charge in [0, 0.05) is 23.5 Å². The minimum absolute atomic E-state index is 0.134. The van der Waals surface area contributed by atoms with Crippen molar-refractivity contribution < 1.29 is 4.79 Å². The van der Waals surface area contributed by atoms with E-state index in [0.717, 1.165) is 30.0 Å². The van der Waals surface area contributed by atoms with Crippen LogP contribution in [-0.2, 0) is 0 Å². The van der Waals surface area contributed by atoms with Gasteiger partial charge in [0.15, 0.2) is 0 Å². The first kappa shape index (κ1) is 14.7. The normalized spacial score (nSPS) is 25.9. The van der Waals surface area contributed by atoms with Crippen molar-refractivity contribution in [2.24, 2.45) is 5.92 Å². The number of carbonyl (C=O) groups is 1. The van der Waals surface area contributed by atoms with Crippen molar-refractivity contribution in [2.75, 3.05) is 0 Å². The predicted octanol–water partition coefficient (Wildman–Crippen LogP) is 4.14. The fourth-order valence-electron chi connectivity index (χ4n) is 3.88. The van der Waals surface area contributed by atoms with Gasteiger partial charge in [-0.15, -0.1) is 0 Å². The first-order valence-electron chi connectivity index (χ1n) is 8.59. The summed E-state index contributed by atoms with van der Waals surface area (Å²) in [6, 6.07) is 3.09. The zero-order valence-electron chi connectivity index (χ0n) is 13.6. The van der Waals surface area contributed by atoms with E-state index in [0.29, 0.717) is 12.1 Å². The van der Waals surface area contributed by atoms with Crippen LogP contribution in [0.1, 0.15) is 79.7 Å². The number of aromatic nitrogens is 1. The molecule has 2 aliphatic rings. The van der Waals surface area contributed by atoms with Gasteiger partial charge in [0.05, 0.1) is 5.56 Å². The van der Waals surface area contributed by atoms with Crippen LogP contribution in [0.4, 0.5) is 0 Å². The molecule has 0 radical (unpaired) electrons. The van der Waals surface area contributed by atoms with E-state index in [-0.39, 0.29) is 5.91 Å². The van der Waals surface area contributed by atoms with Crippen molar-refractivity contribution in [3.8, 4) is 0 Å². The summed E-state index contributed by atoms with van der Waals surface area (Å²) in [6.07, 6.45) is 8.63. The van der Waals surface area contributed by atoms with E-state index >= 15 is 0 Å². The summed E-state index contributed by atoms with van der Waals surface area (Å²) >= 11 is 0. The van der Waals surface area contributed by atoms with Crippen LogP contribution < -0.4 is 5.32 Å². The molecule has 1 N–H and O–H groups in total. The van der Waals surface area contributed by atoms with Crippen molar-refractivity contribution in [1.29, 1.82) is 0 Å². The number of hydrogen-bond donors (Lipinski definition) is 1. The fraction of sp³-hybridized carbons (Fsp3) is 0.722. The van der Waals surface area contributed by atoms with Crippen LogP contribution in [0, 0.1) is 19.8 Å². The summed E-state index contributed by atoms with van der Waals surface area (Å²) < 4.78 is 2.35. The standard InChI is InChI=1S/C18H28N2O/c1-4-14-5-7-15(8-6-14)19-18(21)17-11-12(2)20(13(17)3)16-9-10-16/h11,14-16H,4-10H2,1-3H3,(H,19,21). The molecule has 2 saturated carbocycles. The molecule has 2 fully saturated rings.